The molecule has 0 saturated carbocycles. The van der Waals surface area contributed by atoms with Crippen molar-refractivity contribution in [3.05, 3.63) is 36.0 Å². The van der Waals surface area contributed by atoms with Crippen LogP contribution in [0.5, 0.6) is 5.75 Å². The summed E-state index contributed by atoms with van der Waals surface area (Å²) < 4.78 is 5.25. The third-order valence-electron chi connectivity index (χ3n) is 4.95. The van der Waals surface area contributed by atoms with Crippen LogP contribution < -0.4 is 19.9 Å². The zero-order valence-corrected chi connectivity index (χ0v) is 17.5. The zero-order valence-electron chi connectivity index (χ0n) is 17.5. The van der Waals surface area contributed by atoms with E-state index < -0.39 is 0 Å². The Bertz CT molecular complexity index is 741. The first kappa shape index (κ1) is 20.2. The zero-order chi connectivity index (χ0) is 19.9. The minimum atomic E-state index is 0.728. The summed E-state index contributed by atoms with van der Waals surface area (Å²) in [5.41, 5.74) is 2.24. The summed E-state index contributed by atoms with van der Waals surface area (Å²) in [4.78, 5) is 16.2. The van der Waals surface area contributed by atoms with E-state index in [0.29, 0.717) is 0 Å². The molecule has 1 aliphatic heterocycles. The summed E-state index contributed by atoms with van der Waals surface area (Å²) in [5.74, 6) is 2.63. The number of ether oxygens (including phenoxy) is 1. The molecule has 1 aromatic carbocycles. The molecule has 1 aromatic heterocycles. The van der Waals surface area contributed by atoms with E-state index >= 15 is 0 Å². The van der Waals surface area contributed by atoms with Crippen molar-refractivity contribution in [1.29, 1.82) is 0 Å². The number of aromatic nitrogens is 2. The Labute approximate surface area is 168 Å². The molecule has 1 fully saturated rings. The number of nitrogens with one attached hydrogen (secondary N) is 1. The molecule has 0 bridgehead atoms. The quantitative estimate of drug-likeness (QED) is 0.702. The predicted octanol–water partition coefficient (Wildman–Crippen LogP) is 2.48. The highest BCUT2D eigenvalue weighted by atomic mass is 16.5. The van der Waals surface area contributed by atoms with Gasteiger partial charge in [0.2, 0.25) is 5.95 Å². The fraction of sp³-hybridized carbons (Fsp3) is 0.524. The Morgan fingerprint density at radius 3 is 2.36 bits per heavy atom. The van der Waals surface area contributed by atoms with E-state index in [4.69, 9.17) is 9.72 Å². The molecule has 2 heterocycles. The molecular weight excluding hydrogens is 352 g/mol. The van der Waals surface area contributed by atoms with Crippen LogP contribution >= 0.6 is 0 Å². The molecule has 3 rings (SSSR count). The van der Waals surface area contributed by atoms with Gasteiger partial charge in [-0.25, -0.2) is 4.98 Å². The van der Waals surface area contributed by atoms with Crippen LogP contribution in [0.2, 0.25) is 0 Å². The first-order valence-electron chi connectivity index (χ1n) is 9.93. The highest BCUT2D eigenvalue weighted by Gasteiger charge is 2.19. The van der Waals surface area contributed by atoms with Crippen LogP contribution in [0.3, 0.4) is 0 Å². The number of nitrogens with zero attached hydrogens (tertiary/aromatic N) is 5. The first-order chi connectivity index (χ1) is 13.5. The highest BCUT2D eigenvalue weighted by Crippen LogP contribution is 2.22. The van der Waals surface area contributed by atoms with Gasteiger partial charge in [-0.1, -0.05) is 0 Å². The minimum absolute atomic E-state index is 0.728. The van der Waals surface area contributed by atoms with E-state index in [9.17, 15) is 0 Å². The van der Waals surface area contributed by atoms with Crippen molar-refractivity contribution >= 4 is 17.5 Å². The number of rotatable bonds is 8. The molecule has 7 nitrogen and oxygen atoms in total. The fourth-order valence-corrected chi connectivity index (χ4v) is 3.38. The summed E-state index contributed by atoms with van der Waals surface area (Å²) in [6.07, 6.45) is 1.07. The molecular formula is C21H32N6O. The van der Waals surface area contributed by atoms with Crippen molar-refractivity contribution in [3.8, 4) is 5.75 Å². The molecule has 0 spiro atoms. The second-order valence-corrected chi connectivity index (χ2v) is 7.45. The van der Waals surface area contributed by atoms with Gasteiger partial charge in [0.05, 0.1) is 7.11 Å². The molecule has 1 N–H and O–H groups in total. The van der Waals surface area contributed by atoms with Gasteiger partial charge in [0.15, 0.2) is 0 Å². The number of hydrogen-bond donors (Lipinski definition) is 1. The number of methoxy groups -OCH3 is 1. The van der Waals surface area contributed by atoms with Gasteiger partial charge in [-0.15, -0.1) is 0 Å². The Kier molecular flexibility index (Phi) is 6.92. The maximum atomic E-state index is 5.25. The normalized spacial score (nSPS) is 14.5. The van der Waals surface area contributed by atoms with E-state index in [1.54, 1.807) is 7.11 Å². The Balaban J connectivity index is 1.57. The van der Waals surface area contributed by atoms with Crippen LogP contribution in [-0.2, 0) is 0 Å². The lowest BCUT2D eigenvalue weighted by atomic mass is 10.2. The molecule has 28 heavy (non-hydrogen) atoms. The first-order valence-corrected chi connectivity index (χ1v) is 9.93. The summed E-state index contributed by atoms with van der Waals surface area (Å²) in [7, 11) is 5.88. The van der Waals surface area contributed by atoms with E-state index in [-0.39, 0.29) is 0 Å². The van der Waals surface area contributed by atoms with Crippen LogP contribution in [0.1, 0.15) is 12.1 Å². The molecule has 7 heteroatoms. The van der Waals surface area contributed by atoms with Gasteiger partial charge in [0.25, 0.3) is 0 Å². The van der Waals surface area contributed by atoms with Gasteiger partial charge in [0.1, 0.15) is 11.6 Å². The summed E-state index contributed by atoms with van der Waals surface area (Å²) >= 11 is 0. The van der Waals surface area contributed by atoms with E-state index in [1.165, 1.54) is 5.69 Å². The van der Waals surface area contributed by atoms with E-state index in [0.717, 1.165) is 68.9 Å². The second kappa shape index (κ2) is 9.59. The van der Waals surface area contributed by atoms with Crippen LogP contribution in [0.25, 0.3) is 0 Å². The molecule has 0 unspecified atom stereocenters. The summed E-state index contributed by atoms with van der Waals surface area (Å²) in [6, 6.07) is 10.4. The van der Waals surface area contributed by atoms with Gasteiger partial charge in [-0.05, 0) is 58.3 Å². The molecule has 2 aromatic rings. The highest BCUT2D eigenvalue weighted by molar-refractivity contribution is 5.52. The molecule has 0 amide bonds. The number of piperazine rings is 1. The molecule has 0 radical (unpaired) electrons. The average molecular weight is 385 g/mol. The third kappa shape index (κ3) is 5.48. The van der Waals surface area contributed by atoms with Gasteiger partial charge in [-0.2, -0.15) is 4.98 Å². The largest absolute Gasteiger partial charge is 0.497 e. The lowest BCUT2D eigenvalue weighted by Gasteiger charge is -2.37. The number of aryl methyl sites for hydroxylation is 1. The second-order valence-electron chi connectivity index (χ2n) is 7.45. The van der Waals surface area contributed by atoms with Crippen molar-refractivity contribution < 1.29 is 4.74 Å². The topological polar surface area (TPSA) is 56.8 Å². The van der Waals surface area contributed by atoms with Gasteiger partial charge in [0, 0.05) is 50.2 Å². The Morgan fingerprint density at radius 2 is 1.71 bits per heavy atom. The predicted molar refractivity (Wildman–Crippen MR) is 116 cm³/mol. The summed E-state index contributed by atoms with van der Waals surface area (Å²) in [5, 5.41) is 3.37. The lowest BCUT2D eigenvalue weighted by Crippen LogP contribution is -2.46. The maximum Gasteiger partial charge on any atom is 0.224 e. The smallest absolute Gasteiger partial charge is 0.224 e. The SMILES string of the molecule is COc1ccc(N2CCN(c3cc(C)nc(NCCCN(C)C)n3)CC2)cc1. The Morgan fingerprint density at radius 1 is 1.04 bits per heavy atom. The number of anilines is 3. The van der Waals surface area contributed by atoms with Crippen molar-refractivity contribution in [2.24, 2.45) is 0 Å². The van der Waals surface area contributed by atoms with Gasteiger partial charge in [-0.3, -0.25) is 0 Å². The monoisotopic (exact) mass is 384 g/mol. The van der Waals surface area contributed by atoms with Gasteiger partial charge >= 0.3 is 0 Å². The van der Waals surface area contributed by atoms with Crippen LogP contribution in [-0.4, -0.2) is 75.3 Å². The molecule has 1 aliphatic rings. The fourth-order valence-electron chi connectivity index (χ4n) is 3.38. The average Bonchev–Trinajstić information content (AvgIpc) is 2.71. The Hall–Kier alpha value is -2.54. The van der Waals surface area contributed by atoms with Crippen molar-refractivity contribution in [1.82, 2.24) is 14.9 Å². The number of benzene rings is 1. The third-order valence-corrected chi connectivity index (χ3v) is 4.95. The van der Waals surface area contributed by atoms with Crippen molar-refractivity contribution in [2.45, 2.75) is 13.3 Å². The molecule has 152 valence electrons. The van der Waals surface area contributed by atoms with Gasteiger partial charge < -0.3 is 24.8 Å². The van der Waals surface area contributed by atoms with E-state index in [1.807, 2.05) is 19.1 Å². The van der Waals surface area contributed by atoms with Crippen molar-refractivity contribution in [2.75, 3.05) is 75.6 Å². The standard InChI is InChI=1S/C21H32N6O/c1-17-16-20(24-21(23-17)22-10-5-11-25(2)3)27-14-12-26(13-15-27)18-6-8-19(28-4)9-7-18/h6-9,16H,5,10-15H2,1-4H3,(H,22,23,24). The maximum absolute atomic E-state index is 5.25. The van der Waals surface area contributed by atoms with Crippen LogP contribution in [0, 0.1) is 6.92 Å². The van der Waals surface area contributed by atoms with Crippen LogP contribution in [0.4, 0.5) is 17.5 Å². The molecule has 0 aliphatic carbocycles. The van der Waals surface area contributed by atoms with E-state index in [2.05, 4.69) is 57.3 Å². The van der Waals surface area contributed by atoms with Crippen LogP contribution in [0.15, 0.2) is 30.3 Å². The minimum Gasteiger partial charge on any atom is -0.497 e. The van der Waals surface area contributed by atoms with Crippen molar-refractivity contribution in [3.63, 3.8) is 0 Å². The molecule has 0 atom stereocenters. The summed E-state index contributed by atoms with van der Waals surface area (Å²) in [6.45, 7) is 7.81. The lowest BCUT2D eigenvalue weighted by molar-refractivity contribution is 0.405. The molecule has 1 saturated heterocycles. The number of hydrogen-bond acceptors (Lipinski definition) is 7.